The number of likely N-dealkylation sites (tertiary alicyclic amines) is 1. The van der Waals surface area contributed by atoms with E-state index in [0.717, 1.165) is 55.4 Å². The van der Waals surface area contributed by atoms with E-state index in [0.29, 0.717) is 5.95 Å². The van der Waals surface area contributed by atoms with Gasteiger partial charge in [0, 0.05) is 30.8 Å². The van der Waals surface area contributed by atoms with E-state index in [4.69, 9.17) is 10.5 Å². The van der Waals surface area contributed by atoms with Crippen LogP contribution in [0.25, 0.3) is 0 Å². The van der Waals surface area contributed by atoms with E-state index < -0.39 is 0 Å². The zero-order valence-corrected chi connectivity index (χ0v) is 17.9. The van der Waals surface area contributed by atoms with Gasteiger partial charge in [-0.3, -0.25) is 4.90 Å². The molecule has 0 unspecified atom stereocenters. The fraction of sp³-hybridized carbons (Fsp3) is 0.565. The lowest BCUT2D eigenvalue weighted by Crippen LogP contribution is -2.25. The highest BCUT2D eigenvalue weighted by Crippen LogP contribution is 2.23. The quantitative estimate of drug-likeness (QED) is 0.558. The molecule has 1 aromatic carbocycles. The van der Waals surface area contributed by atoms with E-state index in [1.54, 1.807) is 0 Å². The average Bonchev–Trinajstić information content (AvgIpc) is 3.22. The van der Waals surface area contributed by atoms with Crippen molar-refractivity contribution in [1.29, 1.82) is 0 Å². The van der Waals surface area contributed by atoms with Gasteiger partial charge in [-0.2, -0.15) is 4.98 Å². The molecule has 158 valence electrons. The molecule has 0 saturated carbocycles. The largest absolute Gasteiger partial charge is 0.492 e. The summed E-state index contributed by atoms with van der Waals surface area (Å²) < 4.78 is 5.92. The van der Waals surface area contributed by atoms with E-state index in [1.165, 1.54) is 44.3 Å². The second-order valence-corrected chi connectivity index (χ2v) is 7.85. The zero-order chi connectivity index (χ0) is 20.5. The third-order valence-corrected chi connectivity index (χ3v) is 5.48. The molecular formula is C23H35N5O. The Kier molecular flexibility index (Phi) is 8.11. The van der Waals surface area contributed by atoms with Gasteiger partial charge in [0.15, 0.2) is 0 Å². The van der Waals surface area contributed by atoms with E-state index >= 15 is 0 Å². The van der Waals surface area contributed by atoms with Gasteiger partial charge in [0.25, 0.3) is 0 Å². The number of rotatable bonds is 11. The lowest BCUT2D eigenvalue weighted by Gasteiger charge is -2.15. The Morgan fingerprint density at radius 3 is 2.59 bits per heavy atom. The molecule has 0 aliphatic carbocycles. The summed E-state index contributed by atoms with van der Waals surface area (Å²) in [5.41, 5.74) is 9.14. The predicted molar refractivity (Wildman–Crippen MR) is 120 cm³/mol. The first-order valence-corrected chi connectivity index (χ1v) is 11.0. The number of nitrogens with zero attached hydrogens (tertiary/aromatic N) is 3. The molecule has 0 radical (unpaired) electrons. The number of nitrogens with two attached hydrogens (primary N) is 1. The molecule has 6 heteroatoms. The van der Waals surface area contributed by atoms with Gasteiger partial charge in [-0.1, -0.05) is 31.9 Å². The molecule has 1 aliphatic heterocycles. The lowest BCUT2D eigenvalue weighted by atomic mass is 10.0. The van der Waals surface area contributed by atoms with Gasteiger partial charge in [-0.15, -0.1) is 0 Å². The second-order valence-electron chi connectivity index (χ2n) is 7.85. The highest BCUT2D eigenvalue weighted by atomic mass is 16.5. The molecular weight excluding hydrogens is 362 g/mol. The van der Waals surface area contributed by atoms with Gasteiger partial charge in [0.05, 0.1) is 0 Å². The molecule has 0 atom stereocenters. The predicted octanol–water partition coefficient (Wildman–Crippen LogP) is 4.03. The van der Waals surface area contributed by atoms with Crippen molar-refractivity contribution in [2.45, 2.75) is 52.4 Å². The Labute approximate surface area is 174 Å². The minimum absolute atomic E-state index is 0.325. The summed E-state index contributed by atoms with van der Waals surface area (Å²) in [6.07, 6.45) is 6.95. The fourth-order valence-electron chi connectivity index (χ4n) is 3.76. The van der Waals surface area contributed by atoms with Crippen molar-refractivity contribution < 1.29 is 4.74 Å². The van der Waals surface area contributed by atoms with Crippen LogP contribution in [-0.4, -0.2) is 47.7 Å². The van der Waals surface area contributed by atoms with E-state index in [2.05, 4.69) is 51.4 Å². The number of anilines is 2. The highest BCUT2D eigenvalue weighted by Gasteiger charge is 2.12. The maximum atomic E-state index is 5.92. The molecule has 6 nitrogen and oxygen atoms in total. The zero-order valence-electron chi connectivity index (χ0n) is 17.9. The van der Waals surface area contributed by atoms with Crippen LogP contribution in [-0.2, 0) is 6.42 Å². The van der Waals surface area contributed by atoms with Crippen molar-refractivity contribution in [1.82, 2.24) is 14.9 Å². The summed E-state index contributed by atoms with van der Waals surface area (Å²) >= 11 is 0. The van der Waals surface area contributed by atoms with Crippen molar-refractivity contribution in [3.63, 3.8) is 0 Å². The van der Waals surface area contributed by atoms with Crippen molar-refractivity contribution in [3.05, 3.63) is 41.1 Å². The van der Waals surface area contributed by atoms with E-state index in [1.807, 2.05) is 6.92 Å². The van der Waals surface area contributed by atoms with Crippen LogP contribution in [0, 0.1) is 6.92 Å². The monoisotopic (exact) mass is 397 g/mol. The van der Waals surface area contributed by atoms with Crippen molar-refractivity contribution >= 4 is 11.8 Å². The Morgan fingerprint density at radius 1 is 1.10 bits per heavy atom. The molecule has 2 aromatic rings. The van der Waals surface area contributed by atoms with Gasteiger partial charge in [0.2, 0.25) is 5.95 Å². The minimum atomic E-state index is 0.325. The van der Waals surface area contributed by atoms with Crippen LogP contribution in [0.15, 0.2) is 24.3 Å². The Hall–Kier alpha value is -2.34. The minimum Gasteiger partial charge on any atom is -0.492 e. The summed E-state index contributed by atoms with van der Waals surface area (Å²) in [5.74, 6) is 2.11. The molecule has 1 aliphatic rings. The molecule has 2 heterocycles. The molecule has 3 N–H and O–H groups in total. The smallest absolute Gasteiger partial charge is 0.222 e. The molecule has 1 saturated heterocycles. The van der Waals surface area contributed by atoms with Gasteiger partial charge in [-0.05, 0) is 57.0 Å². The van der Waals surface area contributed by atoms with E-state index in [-0.39, 0.29) is 0 Å². The topological polar surface area (TPSA) is 76.3 Å². The number of nitrogen functional groups attached to an aromatic ring is 1. The van der Waals surface area contributed by atoms with E-state index in [9.17, 15) is 0 Å². The summed E-state index contributed by atoms with van der Waals surface area (Å²) in [5, 5.41) is 3.46. The fourth-order valence-corrected chi connectivity index (χ4v) is 3.76. The average molecular weight is 398 g/mol. The molecule has 1 aromatic heterocycles. The summed E-state index contributed by atoms with van der Waals surface area (Å²) in [6.45, 7) is 9.28. The van der Waals surface area contributed by atoms with Crippen molar-refractivity contribution in [2.24, 2.45) is 0 Å². The lowest BCUT2D eigenvalue weighted by molar-refractivity contribution is 0.238. The maximum Gasteiger partial charge on any atom is 0.222 e. The number of unbranched alkanes of at least 4 members (excludes halogenated alkanes) is 2. The standard InChI is InChI=1S/C23H35N5O/c1-3-4-5-12-25-22-21(18(2)26-23(24)27-22)17-19-8-10-20(11-9-19)29-16-15-28-13-6-7-14-28/h8-11H,3-7,12-17H2,1-2H3,(H3,24,25,26,27). The van der Waals surface area contributed by atoms with Crippen LogP contribution in [0.3, 0.4) is 0 Å². The van der Waals surface area contributed by atoms with Gasteiger partial charge < -0.3 is 15.8 Å². The molecule has 29 heavy (non-hydrogen) atoms. The van der Waals surface area contributed by atoms with Crippen molar-refractivity contribution in [3.8, 4) is 5.75 Å². The number of aryl methyl sites for hydroxylation is 1. The molecule has 0 spiro atoms. The van der Waals surface area contributed by atoms with Crippen molar-refractivity contribution in [2.75, 3.05) is 43.8 Å². The molecule has 3 rings (SSSR count). The number of aromatic nitrogens is 2. The first-order valence-electron chi connectivity index (χ1n) is 11.0. The molecule has 0 bridgehead atoms. The van der Waals surface area contributed by atoms with Gasteiger partial charge in [-0.25, -0.2) is 4.98 Å². The van der Waals surface area contributed by atoms with Crippen LogP contribution in [0.2, 0.25) is 0 Å². The van der Waals surface area contributed by atoms with Crippen LogP contribution in [0.5, 0.6) is 5.75 Å². The normalized spacial score (nSPS) is 14.3. The van der Waals surface area contributed by atoms with Crippen LogP contribution >= 0.6 is 0 Å². The van der Waals surface area contributed by atoms with Gasteiger partial charge in [0.1, 0.15) is 18.2 Å². The number of nitrogens with one attached hydrogen (secondary N) is 1. The SMILES string of the molecule is CCCCCNc1nc(N)nc(C)c1Cc1ccc(OCCN2CCCC2)cc1. The van der Waals surface area contributed by atoms with Crippen LogP contribution in [0.1, 0.15) is 55.8 Å². The molecule has 0 amide bonds. The van der Waals surface area contributed by atoms with Crippen LogP contribution in [0.4, 0.5) is 11.8 Å². The number of benzene rings is 1. The first-order chi connectivity index (χ1) is 14.2. The number of hydrogen-bond donors (Lipinski definition) is 2. The van der Waals surface area contributed by atoms with Crippen LogP contribution < -0.4 is 15.8 Å². The van der Waals surface area contributed by atoms with Gasteiger partial charge >= 0.3 is 0 Å². The second kappa shape index (κ2) is 11.0. The Balaban J connectivity index is 1.58. The Morgan fingerprint density at radius 2 is 1.86 bits per heavy atom. The first kappa shape index (κ1) is 21.4. The molecule has 1 fully saturated rings. The third-order valence-electron chi connectivity index (χ3n) is 5.48. The third kappa shape index (κ3) is 6.60. The summed E-state index contributed by atoms with van der Waals surface area (Å²) in [4.78, 5) is 11.3. The summed E-state index contributed by atoms with van der Waals surface area (Å²) in [7, 11) is 0. The number of ether oxygens (including phenoxy) is 1. The highest BCUT2D eigenvalue weighted by molar-refractivity contribution is 5.51. The Bertz CT molecular complexity index is 757. The maximum absolute atomic E-state index is 5.92. The summed E-state index contributed by atoms with van der Waals surface area (Å²) in [6, 6.07) is 8.37. The number of hydrogen-bond acceptors (Lipinski definition) is 6.